The highest BCUT2D eigenvalue weighted by Crippen LogP contribution is 2.17. The summed E-state index contributed by atoms with van der Waals surface area (Å²) in [7, 11) is 0. The van der Waals surface area contributed by atoms with Gasteiger partial charge in [0.1, 0.15) is 5.69 Å². The molecule has 0 saturated heterocycles. The standard InChI is InChI=1S/C16H15N3OS2/c20-15(17-10-13-7-4-8-21-13)14-11-22-16(19-14)18-9-12-5-2-1-3-6-12/h1-8,11H,9-10H2,(H,17,20)(H,18,19). The van der Waals surface area contributed by atoms with Gasteiger partial charge < -0.3 is 10.6 Å². The second-order valence-electron chi connectivity index (χ2n) is 4.64. The molecule has 3 aromatic rings. The fraction of sp³-hybridized carbons (Fsp3) is 0.125. The minimum Gasteiger partial charge on any atom is -0.357 e. The highest BCUT2D eigenvalue weighted by molar-refractivity contribution is 7.13. The molecule has 2 heterocycles. The van der Waals surface area contributed by atoms with E-state index < -0.39 is 0 Å². The van der Waals surface area contributed by atoms with Gasteiger partial charge in [-0.2, -0.15) is 0 Å². The van der Waals surface area contributed by atoms with Crippen LogP contribution in [0.4, 0.5) is 5.13 Å². The predicted molar refractivity (Wildman–Crippen MR) is 91.4 cm³/mol. The summed E-state index contributed by atoms with van der Waals surface area (Å²) < 4.78 is 0. The van der Waals surface area contributed by atoms with Crippen LogP contribution in [0.1, 0.15) is 20.9 Å². The third kappa shape index (κ3) is 3.93. The number of thiophene rings is 1. The van der Waals surface area contributed by atoms with Crippen molar-refractivity contribution in [3.63, 3.8) is 0 Å². The van der Waals surface area contributed by atoms with Crippen molar-refractivity contribution in [2.75, 3.05) is 5.32 Å². The van der Waals surface area contributed by atoms with E-state index in [-0.39, 0.29) is 5.91 Å². The minimum atomic E-state index is -0.141. The molecule has 6 heteroatoms. The number of anilines is 1. The Labute approximate surface area is 136 Å². The average molecular weight is 329 g/mol. The first kappa shape index (κ1) is 14.7. The number of benzene rings is 1. The summed E-state index contributed by atoms with van der Waals surface area (Å²) in [5.74, 6) is -0.141. The summed E-state index contributed by atoms with van der Waals surface area (Å²) >= 11 is 3.07. The fourth-order valence-electron chi connectivity index (χ4n) is 1.90. The Balaban J connectivity index is 1.53. The number of carbonyl (C=O) groups is 1. The first-order valence-electron chi connectivity index (χ1n) is 6.85. The van der Waals surface area contributed by atoms with Crippen LogP contribution in [0, 0.1) is 0 Å². The number of thiazole rings is 1. The lowest BCUT2D eigenvalue weighted by atomic mass is 10.2. The Kier molecular flexibility index (Phi) is 4.82. The molecule has 0 atom stereocenters. The van der Waals surface area contributed by atoms with E-state index in [1.54, 1.807) is 16.7 Å². The number of hydrogen-bond acceptors (Lipinski definition) is 5. The van der Waals surface area contributed by atoms with E-state index in [0.717, 1.165) is 10.0 Å². The van der Waals surface area contributed by atoms with Gasteiger partial charge in [0.05, 0.1) is 6.54 Å². The van der Waals surface area contributed by atoms with Crippen LogP contribution in [0.5, 0.6) is 0 Å². The molecule has 0 aliphatic rings. The summed E-state index contributed by atoms with van der Waals surface area (Å²) in [6.07, 6.45) is 0. The van der Waals surface area contributed by atoms with Crippen molar-refractivity contribution in [2.24, 2.45) is 0 Å². The second kappa shape index (κ2) is 7.20. The van der Waals surface area contributed by atoms with Crippen LogP contribution in [0.3, 0.4) is 0 Å². The monoisotopic (exact) mass is 329 g/mol. The summed E-state index contributed by atoms with van der Waals surface area (Å²) in [6.45, 7) is 1.24. The first-order valence-corrected chi connectivity index (χ1v) is 8.61. The van der Waals surface area contributed by atoms with E-state index >= 15 is 0 Å². The maximum atomic E-state index is 12.0. The second-order valence-corrected chi connectivity index (χ2v) is 6.53. The maximum Gasteiger partial charge on any atom is 0.271 e. The molecule has 0 aliphatic carbocycles. The third-order valence-corrected chi connectivity index (χ3v) is 4.70. The van der Waals surface area contributed by atoms with Crippen LogP contribution in [-0.4, -0.2) is 10.9 Å². The number of nitrogens with zero attached hydrogens (tertiary/aromatic N) is 1. The largest absolute Gasteiger partial charge is 0.357 e. The quantitative estimate of drug-likeness (QED) is 0.724. The van der Waals surface area contributed by atoms with E-state index in [1.807, 2.05) is 35.7 Å². The fourth-order valence-corrected chi connectivity index (χ4v) is 3.24. The molecule has 0 bridgehead atoms. The molecule has 0 fully saturated rings. The molecule has 0 aliphatic heterocycles. The number of rotatable bonds is 6. The van der Waals surface area contributed by atoms with Gasteiger partial charge in [0.2, 0.25) is 0 Å². The van der Waals surface area contributed by atoms with E-state index in [4.69, 9.17) is 0 Å². The topological polar surface area (TPSA) is 54.0 Å². The van der Waals surface area contributed by atoms with Gasteiger partial charge in [-0.05, 0) is 17.0 Å². The number of carbonyl (C=O) groups excluding carboxylic acids is 1. The smallest absolute Gasteiger partial charge is 0.271 e. The van der Waals surface area contributed by atoms with Crippen molar-refractivity contribution in [3.8, 4) is 0 Å². The molecule has 1 amide bonds. The van der Waals surface area contributed by atoms with Crippen molar-refractivity contribution in [1.29, 1.82) is 0 Å². The van der Waals surface area contributed by atoms with Crippen LogP contribution < -0.4 is 10.6 Å². The summed E-state index contributed by atoms with van der Waals surface area (Å²) in [5.41, 5.74) is 1.64. The zero-order valence-corrected chi connectivity index (χ0v) is 13.4. The maximum absolute atomic E-state index is 12.0. The molecular formula is C16H15N3OS2. The van der Waals surface area contributed by atoms with Crippen molar-refractivity contribution in [3.05, 3.63) is 69.4 Å². The van der Waals surface area contributed by atoms with Gasteiger partial charge in [-0.3, -0.25) is 4.79 Å². The molecule has 4 nitrogen and oxygen atoms in total. The normalized spacial score (nSPS) is 10.4. The molecule has 0 unspecified atom stereocenters. The zero-order valence-electron chi connectivity index (χ0n) is 11.8. The average Bonchev–Trinajstić information content (AvgIpc) is 3.23. The molecule has 3 rings (SSSR count). The van der Waals surface area contributed by atoms with Crippen LogP contribution >= 0.6 is 22.7 Å². The molecule has 1 aromatic carbocycles. The lowest BCUT2D eigenvalue weighted by Crippen LogP contribution is -2.22. The van der Waals surface area contributed by atoms with E-state index in [9.17, 15) is 4.79 Å². The molecule has 2 N–H and O–H groups in total. The van der Waals surface area contributed by atoms with Crippen molar-refractivity contribution < 1.29 is 4.79 Å². The number of nitrogens with one attached hydrogen (secondary N) is 2. The van der Waals surface area contributed by atoms with E-state index in [2.05, 4.69) is 27.8 Å². The molecule has 112 valence electrons. The lowest BCUT2D eigenvalue weighted by molar-refractivity contribution is 0.0947. The summed E-state index contributed by atoms with van der Waals surface area (Å²) in [5, 5.41) is 10.6. The lowest BCUT2D eigenvalue weighted by Gasteiger charge is -2.02. The van der Waals surface area contributed by atoms with Crippen LogP contribution in [0.2, 0.25) is 0 Å². The summed E-state index contributed by atoms with van der Waals surface area (Å²) in [4.78, 5) is 17.5. The van der Waals surface area contributed by atoms with Gasteiger partial charge in [-0.1, -0.05) is 36.4 Å². The number of amides is 1. The third-order valence-electron chi connectivity index (χ3n) is 3.03. The van der Waals surface area contributed by atoms with Gasteiger partial charge in [-0.15, -0.1) is 22.7 Å². The molecule has 2 aromatic heterocycles. The number of hydrogen-bond donors (Lipinski definition) is 2. The van der Waals surface area contributed by atoms with Gasteiger partial charge in [0, 0.05) is 16.8 Å². The highest BCUT2D eigenvalue weighted by atomic mass is 32.1. The first-order chi connectivity index (χ1) is 10.8. The molecular weight excluding hydrogens is 314 g/mol. The van der Waals surface area contributed by atoms with Gasteiger partial charge in [0.15, 0.2) is 5.13 Å². The van der Waals surface area contributed by atoms with Crippen LogP contribution in [0.15, 0.2) is 53.2 Å². The zero-order chi connectivity index (χ0) is 15.2. The van der Waals surface area contributed by atoms with Gasteiger partial charge >= 0.3 is 0 Å². The van der Waals surface area contributed by atoms with E-state index in [1.165, 1.54) is 16.9 Å². The van der Waals surface area contributed by atoms with Crippen molar-refractivity contribution >= 4 is 33.7 Å². The van der Waals surface area contributed by atoms with Crippen LogP contribution in [0.25, 0.3) is 0 Å². The molecule has 0 spiro atoms. The Morgan fingerprint density at radius 2 is 1.91 bits per heavy atom. The molecule has 0 saturated carbocycles. The van der Waals surface area contributed by atoms with Gasteiger partial charge in [0.25, 0.3) is 5.91 Å². The SMILES string of the molecule is O=C(NCc1cccs1)c1csc(NCc2ccccc2)n1. The summed E-state index contributed by atoms with van der Waals surface area (Å²) in [6, 6.07) is 14.1. The Bertz CT molecular complexity index is 723. The number of aromatic nitrogens is 1. The van der Waals surface area contributed by atoms with Gasteiger partial charge in [-0.25, -0.2) is 4.98 Å². The van der Waals surface area contributed by atoms with Crippen LogP contribution in [-0.2, 0) is 13.1 Å². The molecule has 0 radical (unpaired) electrons. The Hall–Kier alpha value is -2.18. The Morgan fingerprint density at radius 3 is 2.68 bits per heavy atom. The molecule has 22 heavy (non-hydrogen) atoms. The van der Waals surface area contributed by atoms with Crippen molar-refractivity contribution in [1.82, 2.24) is 10.3 Å². The van der Waals surface area contributed by atoms with E-state index in [0.29, 0.717) is 18.8 Å². The predicted octanol–water partition coefficient (Wildman–Crippen LogP) is 3.75. The highest BCUT2D eigenvalue weighted by Gasteiger charge is 2.10. The van der Waals surface area contributed by atoms with Crippen molar-refractivity contribution in [2.45, 2.75) is 13.1 Å². The minimum absolute atomic E-state index is 0.141. The Morgan fingerprint density at radius 1 is 1.05 bits per heavy atom.